The molecule has 0 saturated carbocycles. The molecule has 0 unspecified atom stereocenters. The predicted octanol–water partition coefficient (Wildman–Crippen LogP) is 5.93. The van der Waals surface area contributed by atoms with Crippen LogP contribution in [0.3, 0.4) is 0 Å². The van der Waals surface area contributed by atoms with Crippen LogP contribution in [-0.4, -0.2) is 57.9 Å². The second-order valence-corrected chi connectivity index (χ2v) is 9.92. The number of nitrogens with one attached hydrogen (secondary N) is 1. The van der Waals surface area contributed by atoms with Crippen LogP contribution in [0.2, 0.25) is 0 Å². The molecule has 0 aromatic heterocycles. The molecule has 0 spiro atoms. The number of ether oxygens (including phenoxy) is 3. The molecule has 38 heavy (non-hydrogen) atoms. The van der Waals surface area contributed by atoms with Gasteiger partial charge in [0.05, 0.1) is 20.8 Å². The van der Waals surface area contributed by atoms with E-state index in [2.05, 4.69) is 49.3 Å². The molecule has 1 fully saturated rings. The Labute approximate surface area is 228 Å². The molecule has 1 amide bonds. The van der Waals surface area contributed by atoms with Crippen LogP contribution < -0.4 is 24.5 Å². The van der Waals surface area contributed by atoms with Crippen molar-refractivity contribution in [2.24, 2.45) is 0 Å². The number of benzene rings is 2. The van der Waals surface area contributed by atoms with Crippen LogP contribution in [0.1, 0.15) is 62.1 Å². The van der Waals surface area contributed by atoms with Gasteiger partial charge in [0, 0.05) is 37.9 Å². The van der Waals surface area contributed by atoms with Crippen LogP contribution in [0, 0.1) is 13.8 Å². The fourth-order valence-corrected chi connectivity index (χ4v) is 4.56. The van der Waals surface area contributed by atoms with E-state index in [0.29, 0.717) is 23.9 Å². The molecule has 7 nitrogen and oxygen atoms in total. The highest BCUT2D eigenvalue weighted by Crippen LogP contribution is 2.39. The van der Waals surface area contributed by atoms with Gasteiger partial charge in [0.15, 0.2) is 11.5 Å². The Kier molecular flexibility index (Phi) is 11.8. The molecular formula is C31H45N3O4. The smallest absolute Gasteiger partial charge is 0.258 e. The first kappa shape index (κ1) is 29.4. The Morgan fingerprint density at radius 2 is 1.55 bits per heavy atom. The van der Waals surface area contributed by atoms with Crippen molar-refractivity contribution in [3.8, 4) is 17.2 Å². The molecule has 1 heterocycles. The van der Waals surface area contributed by atoms with Crippen LogP contribution in [0.15, 0.2) is 36.4 Å². The van der Waals surface area contributed by atoms with Crippen LogP contribution in [0.5, 0.6) is 17.2 Å². The number of nitrogens with zero attached hydrogens (tertiary/aromatic N) is 2. The van der Waals surface area contributed by atoms with E-state index in [1.54, 1.807) is 26.4 Å². The SMILES string of the molecule is CCCCCCCCOc1c(OC)cc(/C=C/C(=O)NN2CCN(c3ccc(C)c(C)c3)CC2)cc1OC. The van der Waals surface area contributed by atoms with Gasteiger partial charge >= 0.3 is 0 Å². The molecule has 7 heteroatoms. The molecule has 1 aliphatic rings. The quantitative estimate of drug-likeness (QED) is 0.245. The van der Waals surface area contributed by atoms with E-state index in [9.17, 15) is 4.79 Å². The van der Waals surface area contributed by atoms with Crippen molar-refractivity contribution in [2.75, 3.05) is 51.9 Å². The van der Waals surface area contributed by atoms with Crippen molar-refractivity contribution in [3.63, 3.8) is 0 Å². The minimum absolute atomic E-state index is 0.161. The monoisotopic (exact) mass is 523 g/mol. The number of aryl methyl sites for hydroxylation is 2. The van der Waals surface area contributed by atoms with Gasteiger partial charge in [-0.1, -0.05) is 45.1 Å². The Hall–Kier alpha value is -3.19. The number of piperazine rings is 1. The van der Waals surface area contributed by atoms with Crippen molar-refractivity contribution < 1.29 is 19.0 Å². The summed E-state index contributed by atoms with van der Waals surface area (Å²) in [5.41, 5.74) is 7.64. The van der Waals surface area contributed by atoms with Crippen molar-refractivity contribution in [2.45, 2.75) is 59.3 Å². The molecule has 2 aromatic carbocycles. The molecule has 3 rings (SSSR count). The van der Waals surface area contributed by atoms with Crippen LogP contribution in [0.25, 0.3) is 6.08 Å². The summed E-state index contributed by atoms with van der Waals surface area (Å²) in [6, 6.07) is 10.3. The lowest BCUT2D eigenvalue weighted by Gasteiger charge is -2.36. The summed E-state index contributed by atoms with van der Waals surface area (Å²) < 4.78 is 17.2. The summed E-state index contributed by atoms with van der Waals surface area (Å²) in [5.74, 6) is 1.63. The zero-order valence-corrected chi connectivity index (χ0v) is 23.8. The van der Waals surface area contributed by atoms with E-state index in [4.69, 9.17) is 14.2 Å². The number of hydrogen-bond acceptors (Lipinski definition) is 6. The average Bonchev–Trinajstić information content (AvgIpc) is 2.93. The van der Waals surface area contributed by atoms with Gasteiger partial charge in [0.1, 0.15) is 0 Å². The molecule has 1 N–H and O–H groups in total. The number of amides is 1. The highest BCUT2D eigenvalue weighted by atomic mass is 16.5. The predicted molar refractivity (Wildman–Crippen MR) is 155 cm³/mol. The van der Waals surface area contributed by atoms with Gasteiger partial charge in [0.2, 0.25) is 5.75 Å². The standard InChI is InChI=1S/C31H45N3O4/c1-6-7-8-9-10-11-20-38-31-28(36-4)22-26(23-29(31)37-5)13-15-30(35)32-34-18-16-33(17-19-34)27-14-12-24(2)25(3)21-27/h12-15,21-23H,6-11,16-20H2,1-5H3,(H,32,35)/b15-13+. The summed E-state index contributed by atoms with van der Waals surface area (Å²) in [7, 11) is 3.23. The van der Waals surface area contributed by atoms with Crippen molar-refractivity contribution >= 4 is 17.7 Å². The lowest BCUT2D eigenvalue weighted by Crippen LogP contribution is -2.53. The van der Waals surface area contributed by atoms with Crippen LogP contribution in [0.4, 0.5) is 5.69 Å². The number of rotatable bonds is 14. The molecule has 0 atom stereocenters. The number of methoxy groups -OCH3 is 2. The minimum atomic E-state index is -0.161. The summed E-state index contributed by atoms with van der Waals surface area (Å²) >= 11 is 0. The number of hydrazine groups is 1. The van der Waals surface area contributed by atoms with Crippen molar-refractivity contribution in [1.82, 2.24) is 10.4 Å². The van der Waals surface area contributed by atoms with Gasteiger partial charge in [-0.15, -0.1) is 0 Å². The van der Waals surface area contributed by atoms with Gasteiger partial charge in [-0.25, -0.2) is 5.01 Å². The molecule has 2 aromatic rings. The molecular weight excluding hydrogens is 478 g/mol. The van der Waals surface area contributed by atoms with E-state index < -0.39 is 0 Å². The summed E-state index contributed by atoms with van der Waals surface area (Å²) in [4.78, 5) is 15.0. The maximum atomic E-state index is 12.6. The second-order valence-electron chi connectivity index (χ2n) is 9.92. The van der Waals surface area contributed by atoms with E-state index >= 15 is 0 Å². The lowest BCUT2D eigenvalue weighted by atomic mass is 10.1. The molecule has 0 radical (unpaired) electrons. The lowest BCUT2D eigenvalue weighted by molar-refractivity contribution is -0.121. The third-order valence-electron chi connectivity index (χ3n) is 7.06. The van der Waals surface area contributed by atoms with Gasteiger partial charge in [-0.2, -0.15) is 0 Å². The largest absolute Gasteiger partial charge is 0.493 e. The van der Waals surface area contributed by atoms with Crippen LogP contribution in [-0.2, 0) is 4.79 Å². The van der Waals surface area contributed by atoms with Gasteiger partial charge in [-0.3, -0.25) is 10.2 Å². The third-order valence-corrected chi connectivity index (χ3v) is 7.06. The zero-order valence-electron chi connectivity index (χ0n) is 23.8. The molecule has 0 aliphatic carbocycles. The summed E-state index contributed by atoms with van der Waals surface area (Å²) in [6.07, 6.45) is 10.5. The number of anilines is 1. The fourth-order valence-electron chi connectivity index (χ4n) is 4.56. The Balaban J connectivity index is 1.51. The number of hydrogen-bond donors (Lipinski definition) is 1. The van der Waals surface area contributed by atoms with Gasteiger partial charge in [0.25, 0.3) is 5.91 Å². The van der Waals surface area contributed by atoms with Gasteiger partial charge < -0.3 is 19.1 Å². The average molecular weight is 524 g/mol. The minimum Gasteiger partial charge on any atom is -0.493 e. The van der Waals surface area contributed by atoms with E-state index in [1.165, 1.54) is 42.5 Å². The summed E-state index contributed by atoms with van der Waals surface area (Å²) in [6.45, 7) is 10.4. The Morgan fingerprint density at radius 1 is 0.895 bits per heavy atom. The van der Waals surface area contributed by atoms with E-state index in [1.807, 2.05) is 17.1 Å². The fraction of sp³-hybridized carbons (Fsp3) is 0.516. The van der Waals surface area contributed by atoms with Crippen molar-refractivity contribution in [1.29, 1.82) is 0 Å². The highest BCUT2D eigenvalue weighted by molar-refractivity contribution is 5.91. The first-order chi connectivity index (χ1) is 18.4. The maximum Gasteiger partial charge on any atom is 0.258 e. The second kappa shape index (κ2) is 15.3. The number of carbonyl (C=O) groups excluding carboxylic acids is 1. The normalized spacial score (nSPS) is 14.1. The first-order valence-electron chi connectivity index (χ1n) is 13.9. The molecule has 208 valence electrons. The summed E-state index contributed by atoms with van der Waals surface area (Å²) in [5, 5.41) is 1.98. The number of carbonyl (C=O) groups is 1. The topological polar surface area (TPSA) is 63.3 Å². The van der Waals surface area contributed by atoms with E-state index in [0.717, 1.165) is 44.6 Å². The first-order valence-corrected chi connectivity index (χ1v) is 13.9. The zero-order chi connectivity index (χ0) is 27.3. The van der Waals surface area contributed by atoms with Crippen molar-refractivity contribution in [3.05, 3.63) is 53.1 Å². The van der Waals surface area contributed by atoms with Crippen LogP contribution >= 0.6 is 0 Å². The third kappa shape index (κ3) is 8.69. The maximum absolute atomic E-state index is 12.6. The number of unbranched alkanes of at least 4 members (excludes halogenated alkanes) is 5. The molecule has 1 aliphatic heterocycles. The van der Waals surface area contributed by atoms with Gasteiger partial charge in [-0.05, 0) is 67.3 Å². The molecule has 1 saturated heterocycles. The Bertz CT molecular complexity index is 1040. The highest BCUT2D eigenvalue weighted by Gasteiger charge is 2.19. The molecule has 0 bridgehead atoms. The van der Waals surface area contributed by atoms with E-state index in [-0.39, 0.29) is 5.91 Å². The Morgan fingerprint density at radius 3 is 2.18 bits per heavy atom.